The maximum Gasteiger partial charge on any atom is 0.112 e. The minimum absolute atomic E-state index is 0.138. The van der Waals surface area contributed by atoms with Gasteiger partial charge in [-0.25, -0.2) is 4.98 Å². The Morgan fingerprint density at radius 1 is 1.50 bits per heavy atom. The zero-order valence-corrected chi connectivity index (χ0v) is 8.87. The Morgan fingerprint density at radius 2 is 2.31 bits per heavy atom. The number of aromatic nitrogens is 2. The molecule has 0 fully saturated rings. The predicted molar refractivity (Wildman–Crippen MR) is 61.4 cm³/mol. The van der Waals surface area contributed by atoms with Gasteiger partial charge in [0.15, 0.2) is 0 Å². The van der Waals surface area contributed by atoms with Crippen LogP contribution in [0.3, 0.4) is 0 Å². The maximum absolute atomic E-state index is 10.0. The second-order valence-electron chi connectivity index (χ2n) is 3.03. The van der Waals surface area contributed by atoms with Crippen molar-refractivity contribution >= 4 is 0 Å². The Labute approximate surface area is 93.7 Å². The molecule has 0 bridgehead atoms. The van der Waals surface area contributed by atoms with Gasteiger partial charge in [0.2, 0.25) is 0 Å². The molecule has 0 aliphatic heterocycles. The van der Waals surface area contributed by atoms with Crippen LogP contribution < -0.4 is 0 Å². The first-order valence-corrected chi connectivity index (χ1v) is 4.70. The zero-order chi connectivity index (χ0) is 11.8. The number of ether oxygens (including phenoxy) is 1. The first-order chi connectivity index (χ1) is 7.72. The largest absolute Gasteiger partial charge is 0.492 e. The molecule has 0 spiro atoms. The molecule has 84 valence electrons. The number of allylic oxidation sites excluding steroid dienone is 2. The van der Waals surface area contributed by atoms with Gasteiger partial charge in [0, 0.05) is 12.4 Å². The lowest BCUT2D eigenvalue weighted by Crippen LogP contribution is -2.02. The van der Waals surface area contributed by atoms with E-state index in [-0.39, 0.29) is 5.70 Å². The number of rotatable bonds is 7. The van der Waals surface area contributed by atoms with Gasteiger partial charge in [-0.15, -0.1) is 4.91 Å². The quantitative estimate of drug-likeness (QED) is 0.401. The summed E-state index contributed by atoms with van der Waals surface area (Å²) in [5.74, 6) is 0.463. The summed E-state index contributed by atoms with van der Waals surface area (Å²) in [5, 5.41) is 2.64. The molecule has 1 aromatic rings. The topological polar surface area (TPSA) is 56.5 Å². The molecule has 0 atom stereocenters. The van der Waals surface area contributed by atoms with Gasteiger partial charge in [-0.2, -0.15) is 0 Å². The minimum Gasteiger partial charge on any atom is -0.492 e. The smallest absolute Gasteiger partial charge is 0.112 e. The Morgan fingerprint density at radius 3 is 2.94 bits per heavy atom. The third-order valence-corrected chi connectivity index (χ3v) is 1.78. The van der Waals surface area contributed by atoms with Crippen LogP contribution in [0.15, 0.2) is 60.7 Å². The molecule has 0 radical (unpaired) electrons. The van der Waals surface area contributed by atoms with Crippen LogP contribution in [0.1, 0.15) is 0 Å². The molecule has 5 nitrogen and oxygen atoms in total. The number of nitrogens with zero attached hydrogens (tertiary/aromatic N) is 3. The van der Waals surface area contributed by atoms with Gasteiger partial charge in [-0.3, -0.25) is 0 Å². The summed E-state index contributed by atoms with van der Waals surface area (Å²) in [6.45, 7) is 8.23. The lowest BCUT2D eigenvalue weighted by atomic mass is 10.4. The minimum atomic E-state index is 0.138. The van der Waals surface area contributed by atoms with Crippen molar-refractivity contribution in [1.29, 1.82) is 0 Å². The molecule has 5 heteroatoms. The standard InChI is InChI=1S/C11H13N3O2/c1-10(13-15)3-4-11(2)16-8-7-14-6-5-12-9-14/h3-6,9H,1-2,7-8H2/b4-3-. The van der Waals surface area contributed by atoms with Crippen LogP contribution in [-0.2, 0) is 11.3 Å². The van der Waals surface area contributed by atoms with Gasteiger partial charge in [-0.05, 0) is 17.3 Å². The lowest BCUT2D eigenvalue weighted by Gasteiger charge is -2.05. The molecule has 0 aliphatic carbocycles. The van der Waals surface area contributed by atoms with Gasteiger partial charge in [0.05, 0.1) is 12.9 Å². The van der Waals surface area contributed by atoms with E-state index in [4.69, 9.17) is 4.74 Å². The van der Waals surface area contributed by atoms with Crippen molar-refractivity contribution in [2.45, 2.75) is 6.54 Å². The van der Waals surface area contributed by atoms with Gasteiger partial charge in [-0.1, -0.05) is 13.2 Å². The number of hydrogen-bond acceptors (Lipinski definition) is 4. The average molecular weight is 219 g/mol. The van der Waals surface area contributed by atoms with Crippen LogP contribution in [-0.4, -0.2) is 16.2 Å². The first kappa shape index (κ1) is 11.9. The van der Waals surface area contributed by atoms with Crippen LogP contribution >= 0.6 is 0 Å². The second kappa shape index (κ2) is 6.34. The van der Waals surface area contributed by atoms with Crippen molar-refractivity contribution in [1.82, 2.24) is 9.55 Å². The fraction of sp³-hybridized carbons (Fsp3) is 0.182. The van der Waals surface area contributed by atoms with E-state index in [1.165, 1.54) is 6.08 Å². The van der Waals surface area contributed by atoms with Crippen molar-refractivity contribution in [2.24, 2.45) is 5.18 Å². The van der Waals surface area contributed by atoms with E-state index in [1.807, 2.05) is 10.8 Å². The molecule has 0 amide bonds. The summed E-state index contributed by atoms with van der Waals surface area (Å²) < 4.78 is 7.19. The summed E-state index contributed by atoms with van der Waals surface area (Å²) in [4.78, 5) is 13.9. The molecule has 0 unspecified atom stereocenters. The van der Waals surface area contributed by atoms with E-state index in [0.29, 0.717) is 18.9 Å². The van der Waals surface area contributed by atoms with Crippen LogP contribution in [0.4, 0.5) is 0 Å². The van der Waals surface area contributed by atoms with Crippen molar-refractivity contribution in [3.8, 4) is 0 Å². The van der Waals surface area contributed by atoms with E-state index in [9.17, 15) is 4.91 Å². The van der Waals surface area contributed by atoms with E-state index in [1.54, 1.807) is 18.6 Å². The van der Waals surface area contributed by atoms with Gasteiger partial charge < -0.3 is 9.30 Å². The zero-order valence-electron chi connectivity index (χ0n) is 8.87. The fourth-order valence-corrected chi connectivity index (χ4v) is 0.969. The van der Waals surface area contributed by atoms with E-state index in [2.05, 4.69) is 23.3 Å². The molecule has 0 aromatic carbocycles. The van der Waals surface area contributed by atoms with Crippen molar-refractivity contribution in [3.05, 3.63) is 60.4 Å². The summed E-state index contributed by atoms with van der Waals surface area (Å²) in [7, 11) is 0. The maximum atomic E-state index is 10.0. The van der Waals surface area contributed by atoms with Crippen molar-refractivity contribution in [2.75, 3.05) is 6.61 Å². The van der Waals surface area contributed by atoms with E-state index < -0.39 is 0 Å². The third-order valence-electron chi connectivity index (χ3n) is 1.78. The molecule has 1 aromatic heterocycles. The molecule has 0 saturated heterocycles. The summed E-state index contributed by atoms with van der Waals surface area (Å²) >= 11 is 0. The van der Waals surface area contributed by atoms with E-state index in [0.717, 1.165) is 0 Å². The lowest BCUT2D eigenvalue weighted by molar-refractivity contribution is 0.213. The SMILES string of the molecule is C=C(/C=C\C(=C)OCCn1ccnc1)N=O. The molecular weight excluding hydrogens is 206 g/mol. The van der Waals surface area contributed by atoms with Gasteiger partial charge in [0.1, 0.15) is 18.1 Å². The van der Waals surface area contributed by atoms with Gasteiger partial charge in [0.25, 0.3) is 0 Å². The molecule has 16 heavy (non-hydrogen) atoms. The molecule has 0 saturated carbocycles. The highest BCUT2D eigenvalue weighted by molar-refractivity contribution is 5.19. The van der Waals surface area contributed by atoms with E-state index >= 15 is 0 Å². The Balaban J connectivity index is 2.23. The summed E-state index contributed by atoms with van der Waals surface area (Å²) in [6.07, 6.45) is 8.26. The first-order valence-electron chi connectivity index (χ1n) is 4.70. The molecule has 1 heterocycles. The van der Waals surface area contributed by atoms with Crippen molar-refractivity contribution in [3.63, 3.8) is 0 Å². The second-order valence-corrected chi connectivity index (χ2v) is 3.03. The highest BCUT2D eigenvalue weighted by atomic mass is 16.5. The normalized spacial score (nSPS) is 10.2. The highest BCUT2D eigenvalue weighted by Crippen LogP contribution is 2.01. The van der Waals surface area contributed by atoms with Crippen LogP contribution in [0.25, 0.3) is 0 Å². The average Bonchev–Trinajstić information content (AvgIpc) is 2.79. The Hall–Kier alpha value is -2.17. The fourth-order valence-electron chi connectivity index (χ4n) is 0.969. The van der Waals surface area contributed by atoms with Crippen molar-refractivity contribution < 1.29 is 4.74 Å². The molecule has 0 N–H and O–H groups in total. The molecule has 1 rings (SSSR count). The summed E-state index contributed by atoms with van der Waals surface area (Å²) in [6, 6.07) is 0. The number of imidazole rings is 1. The predicted octanol–water partition coefficient (Wildman–Crippen LogP) is 2.25. The van der Waals surface area contributed by atoms with Crippen LogP contribution in [0, 0.1) is 4.91 Å². The van der Waals surface area contributed by atoms with Crippen LogP contribution in [0.2, 0.25) is 0 Å². The monoisotopic (exact) mass is 219 g/mol. The number of hydrogen-bond donors (Lipinski definition) is 0. The highest BCUT2D eigenvalue weighted by Gasteiger charge is 1.92. The Kier molecular flexibility index (Phi) is 4.72. The Bertz CT molecular complexity index is 393. The summed E-state index contributed by atoms with van der Waals surface area (Å²) in [5.41, 5.74) is 0.138. The molecule has 0 aliphatic rings. The van der Waals surface area contributed by atoms with Crippen LogP contribution in [0.5, 0.6) is 0 Å². The van der Waals surface area contributed by atoms with Gasteiger partial charge >= 0.3 is 0 Å². The third kappa shape index (κ3) is 4.36. The molecular formula is C11H13N3O2. The number of nitroso groups, excluding NO2 is 1.